The van der Waals surface area contributed by atoms with Gasteiger partial charge in [-0.05, 0) is 30.2 Å². The van der Waals surface area contributed by atoms with E-state index < -0.39 is 0 Å². The fourth-order valence-corrected chi connectivity index (χ4v) is 1.75. The molecule has 0 fully saturated rings. The molecule has 0 saturated carbocycles. The topological polar surface area (TPSA) is 29.3 Å². The minimum Gasteiger partial charge on any atom is -0.396 e. The van der Waals surface area contributed by atoms with E-state index in [2.05, 4.69) is 25.7 Å². The summed E-state index contributed by atoms with van der Waals surface area (Å²) in [6, 6.07) is 5.05. The molecule has 0 aliphatic rings. The molecule has 0 spiro atoms. The van der Waals surface area contributed by atoms with Crippen molar-refractivity contribution in [2.24, 2.45) is 5.92 Å². The lowest BCUT2D eigenvalue weighted by Crippen LogP contribution is -2.27. The van der Waals surface area contributed by atoms with Gasteiger partial charge in [-0.3, -0.25) is 4.90 Å². The maximum Gasteiger partial charge on any atom is 0.146 e. The van der Waals surface area contributed by atoms with Crippen molar-refractivity contribution in [2.45, 2.75) is 27.3 Å². The predicted octanol–water partition coefficient (Wildman–Crippen LogP) is 2.89. The molecule has 1 aromatic rings. The number of anilines is 1. The third-order valence-corrected chi connectivity index (χ3v) is 2.54. The van der Waals surface area contributed by atoms with E-state index in [1.54, 1.807) is 6.07 Å². The number of rotatable bonds is 5. The Morgan fingerprint density at radius 3 is 2.56 bits per heavy atom. The molecule has 0 aromatic heterocycles. The van der Waals surface area contributed by atoms with Crippen molar-refractivity contribution in [1.29, 1.82) is 0 Å². The van der Waals surface area contributed by atoms with Crippen LogP contribution in [0, 0.1) is 11.7 Å². The Morgan fingerprint density at radius 1 is 1.38 bits per heavy atom. The predicted molar refractivity (Wildman–Crippen MR) is 66.6 cm³/mol. The molecule has 0 atom stereocenters. The molecule has 1 rings (SSSR count). The van der Waals surface area contributed by atoms with Crippen LogP contribution in [0.4, 0.5) is 10.1 Å². The van der Waals surface area contributed by atoms with E-state index in [0.29, 0.717) is 5.92 Å². The molecular weight excluding hydrogens is 203 g/mol. The van der Waals surface area contributed by atoms with Crippen LogP contribution in [0.2, 0.25) is 0 Å². The van der Waals surface area contributed by atoms with Gasteiger partial charge in [0.2, 0.25) is 0 Å². The SMILES string of the molecule is CCN(Cc1ccc(N)c(F)c1)CC(C)C. The van der Waals surface area contributed by atoms with Gasteiger partial charge < -0.3 is 5.73 Å². The minimum atomic E-state index is -0.321. The fourth-order valence-electron chi connectivity index (χ4n) is 1.75. The van der Waals surface area contributed by atoms with Crippen LogP contribution >= 0.6 is 0 Å². The molecule has 0 heterocycles. The lowest BCUT2D eigenvalue weighted by molar-refractivity contribution is 0.248. The molecule has 16 heavy (non-hydrogen) atoms. The highest BCUT2D eigenvalue weighted by Crippen LogP contribution is 2.14. The molecule has 2 nitrogen and oxygen atoms in total. The van der Waals surface area contributed by atoms with E-state index in [9.17, 15) is 4.39 Å². The van der Waals surface area contributed by atoms with Gasteiger partial charge in [0.05, 0.1) is 5.69 Å². The summed E-state index contributed by atoms with van der Waals surface area (Å²) < 4.78 is 13.3. The first-order chi connectivity index (χ1) is 7.52. The van der Waals surface area contributed by atoms with E-state index in [-0.39, 0.29) is 11.5 Å². The highest BCUT2D eigenvalue weighted by atomic mass is 19.1. The highest BCUT2D eigenvalue weighted by Gasteiger charge is 2.07. The van der Waals surface area contributed by atoms with E-state index in [0.717, 1.165) is 25.2 Å². The zero-order valence-corrected chi connectivity index (χ0v) is 10.3. The summed E-state index contributed by atoms with van der Waals surface area (Å²) in [4.78, 5) is 2.30. The van der Waals surface area contributed by atoms with E-state index in [1.165, 1.54) is 6.07 Å². The van der Waals surface area contributed by atoms with Crippen molar-refractivity contribution in [2.75, 3.05) is 18.8 Å². The summed E-state index contributed by atoms with van der Waals surface area (Å²) >= 11 is 0. The van der Waals surface area contributed by atoms with Gasteiger partial charge in [-0.1, -0.05) is 26.8 Å². The van der Waals surface area contributed by atoms with Gasteiger partial charge in [-0.2, -0.15) is 0 Å². The van der Waals surface area contributed by atoms with Gasteiger partial charge in [0.15, 0.2) is 0 Å². The molecular formula is C13H21FN2. The van der Waals surface area contributed by atoms with Crippen LogP contribution in [0.5, 0.6) is 0 Å². The number of nitrogen functional groups attached to an aromatic ring is 1. The van der Waals surface area contributed by atoms with E-state index >= 15 is 0 Å². The number of halogens is 1. The van der Waals surface area contributed by atoms with Crippen LogP contribution in [0.3, 0.4) is 0 Å². The summed E-state index contributed by atoms with van der Waals surface area (Å²) in [7, 11) is 0. The normalized spacial score (nSPS) is 11.4. The average Bonchev–Trinajstić information content (AvgIpc) is 2.22. The molecule has 0 saturated heterocycles. The smallest absolute Gasteiger partial charge is 0.146 e. The van der Waals surface area contributed by atoms with Crippen molar-refractivity contribution < 1.29 is 4.39 Å². The molecule has 1 aromatic carbocycles. The second-order valence-corrected chi connectivity index (χ2v) is 4.58. The lowest BCUT2D eigenvalue weighted by atomic mass is 10.1. The molecule has 90 valence electrons. The average molecular weight is 224 g/mol. The van der Waals surface area contributed by atoms with Crippen molar-refractivity contribution in [3.8, 4) is 0 Å². The highest BCUT2D eigenvalue weighted by molar-refractivity contribution is 5.41. The molecule has 0 aliphatic carbocycles. The number of benzene rings is 1. The Balaban J connectivity index is 2.66. The summed E-state index contributed by atoms with van der Waals surface area (Å²) in [5.74, 6) is 0.302. The number of hydrogen-bond acceptors (Lipinski definition) is 2. The van der Waals surface area contributed by atoms with Crippen LogP contribution in [0.1, 0.15) is 26.3 Å². The second kappa shape index (κ2) is 5.85. The van der Waals surface area contributed by atoms with E-state index in [4.69, 9.17) is 5.73 Å². The maximum absolute atomic E-state index is 13.3. The van der Waals surface area contributed by atoms with Gasteiger partial charge in [-0.15, -0.1) is 0 Å². The summed E-state index contributed by atoms with van der Waals surface area (Å²) in [6.45, 7) is 9.28. The first-order valence-corrected chi connectivity index (χ1v) is 5.79. The first kappa shape index (κ1) is 13.0. The quantitative estimate of drug-likeness (QED) is 0.779. The van der Waals surface area contributed by atoms with Crippen LogP contribution in [0.25, 0.3) is 0 Å². The van der Waals surface area contributed by atoms with Gasteiger partial charge in [0.1, 0.15) is 5.82 Å². The fraction of sp³-hybridized carbons (Fsp3) is 0.538. The Bertz CT molecular complexity index is 337. The molecule has 0 radical (unpaired) electrons. The van der Waals surface area contributed by atoms with Crippen molar-refractivity contribution >= 4 is 5.69 Å². The maximum atomic E-state index is 13.3. The van der Waals surface area contributed by atoms with Crippen LogP contribution in [0.15, 0.2) is 18.2 Å². The summed E-state index contributed by atoms with van der Waals surface area (Å²) in [5.41, 5.74) is 6.64. The van der Waals surface area contributed by atoms with Crippen LogP contribution < -0.4 is 5.73 Å². The zero-order chi connectivity index (χ0) is 12.1. The molecule has 0 bridgehead atoms. The zero-order valence-electron chi connectivity index (χ0n) is 10.3. The largest absolute Gasteiger partial charge is 0.396 e. The van der Waals surface area contributed by atoms with Gasteiger partial charge in [0, 0.05) is 13.1 Å². The molecule has 3 heteroatoms. The summed E-state index contributed by atoms with van der Waals surface area (Å²) in [5, 5.41) is 0. The van der Waals surface area contributed by atoms with Crippen molar-refractivity contribution in [3.05, 3.63) is 29.6 Å². The lowest BCUT2D eigenvalue weighted by Gasteiger charge is -2.22. The number of hydrogen-bond donors (Lipinski definition) is 1. The van der Waals surface area contributed by atoms with Gasteiger partial charge in [0.25, 0.3) is 0 Å². The summed E-state index contributed by atoms with van der Waals surface area (Å²) in [6.07, 6.45) is 0. The molecule has 2 N–H and O–H groups in total. The Hall–Kier alpha value is -1.09. The second-order valence-electron chi connectivity index (χ2n) is 4.58. The monoisotopic (exact) mass is 224 g/mol. The van der Waals surface area contributed by atoms with E-state index in [1.807, 2.05) is 6.07 Å². The van der Waals surface area contributed by atoms with Crippen LogP contribution in [-0.4, -0.2) is 18.0 Å². The Kier molecular flexibility index (Phi) is 4.74. The number of nitrogens with two attached hydrogens (primary N) is 1. The van der Waals surface area contributed by atoms with Gasteiger partial charge >= 0.3 is 0 Å². The van der Waals surface area contributed by atoms with Gasteiger partial charge in [-0.25, -0.2) is 4.39 Å². The van der Waals surface area contributed by atoms with Crippen molar-refractivity contribution in [1.82, 2.24) is 4.90 Å². The minimum absolute atomic E-state index is 0.218. The molecule has 0 unspecified atom stereocenters. The standard InChI is InChI=1S/C13H21FN2/c1-4-16(8-10(2)3)9-11-5-6-13(15)12(14)7-11/h5-7,10H,4,8-9,15H2,1-3H3. The third kappa shape index (κ3) is 3.81. The number of nitrogens with zero attached hydrogens (tertiary/aromatic N) is 1. The first-order valence-electron chi connectivity index (χ1n) is 5.79. The molecule has 0 aliphatic heterocycles. The Morgan fingerprint density at radius 2 is 2.06 bits per heavy atom. The third-order valence-electron chi connectivity index (χ3n) is 2.54. The van der Waals surface area contributed by atoms with Crippen molar-refractivity contribution in [3.63, 3.8) is 0 Å². The Labute approximate surface area is 97.3 Å². The van der Waals surface area contributed by atoms with Crippen LogP contribution in [-0.2, 0) is 6.54 Å². The molecule has 0 amide bonds.